The Kier molecular flexibility index (Phi) is 11.0. The van der Waals surface area contributed by atoms with Gasteiger partial charge in [0.25, 0.3) is 10.0 Å². The van der Waals surface area contributed by atoms with E-state index in [4.69, 9.17) is 21.1 Å². The average Bonchev–Trinajstić information content (AvgIpc) is 2.97. The Morgan fingerprint density at radius 3 is 2.27 bits per heavy atom. The highest BCUT2D eigenvalue weighted by molar-refractivity contribution is 7.92. The van der Waals surface area contributed by atoms with Gasteiger partial charge in [-0.25, -0.2) is 8.42 Å². The zero-order chi connectivity index (χ0) is 30.2. The summed E-state index contributed by atoms with van der Waals surface area (Å²) >= 11 is 6.08. The van der Waals surface area contributed by atoms with Gasteiger partial charge in [-0.2, -0.15) is 0 Å². The van der Waals surface area contributed by atoms with Crippen LogP contribution < -0.4 is 19.1 Å². The number of sulfonamides is 1. The molecule has 0 saturated carbocycles. The quantitative estimate of drug-likeness (QED) is 0.302. The highest BCUT2D eigenvalue weighted by atomic mass is 35.5. The number of ether oxygens (including phenoxy) is 2. The zero-order valence-corrected chi connectivity index (χ0v) is 25.5. The van der Waals surface area contributed by atoms with Crippen molar-refractivity contribution in [3.05, 3.63) is 82.9 Å². The van der Waals surface area contributed by atoms with Crippen molar-refractivity contribution in [3.8, 4) is 11.5 Å². The highest BCUT2D eigenvalue weighted by Gasteiger charge is 2.33. The van der Waals surface area contributed by atoms with Crippen LogP contribution in [0.5, 0.6) is 11.5 Å². The van der Waals surface area contributed by atoms with Gasteiger partial charge in [-0.1, -0.05) is 48.4 Å². The molecule has 2 amide bonds. The number of hydrogen-bond acceptors (Lipinski definition) is 6. The molecule has 3 aromatic rings. The lowest BCUT2D eigenvalue weighted by atomic mass is 10.1. The Hall–Kier alpha value is -3.76. The third-order valence-electron chi connectivity index (χ3n) is 6.49. The minimum Gasteiger partial charge on any atom is -0.493 e. The Morgan fingerprint density at radius 1 is 0.976 bits per heavy atom. The van der Waals surface area contributed by atoms with Crippen molar-refractivity contribution in [3.63, 3.8) is 0 Å². The van der Waals surface area contributed by atoms with Gasteiger partial charge < -0.3 is 19.7 Å². The number of carbonyl (C=O) groups is 2. The molecular formula is C30H36ClN3O6S. The standard InChI is InChI=1S/C30H36ClN3O6S/c1-6-16-32-30(36)22(3)33(19-23-9-7-8-21(2)17-23)29(35)20-34(25-12-10-24(31)11-13-25)41(37,38)26-14-15-27(39-4)28(18-26)40-5/h7-15,17-18,22H,6,16,19-20H2,1-5H3,(H,32,36). The number of halogens is 1. The Balaban J connectivity index is 2.06. The van der Waals surface area contributed by atoms with E-state index in [0.717, 1.165) is 21.9 Å². The summed E-state index contributed by atoms with van der Waals surface area (Å²) in [7, 11) is -1.43. The molecule has 0 aromatic heterocycles. The second-order valence-corrected chi connectivity index (χ2v) is 11.8. The van der Waals surface area contributed by atoms with E-state index in [1.54, 1.807) is 19.1 Å². The van der Waals surface area contributed by atoms with E-state index in [0.29, 0.717) is 17.3 Å². The van der Waals surface area contributed by atoms with Crippen LogP contribution >= 0.6 is 11.6 Å². The van der Waals surface area contributed by atoms with Crippen LogP contribution in [0.25, 0.3) is 0 Å². The molecule has 0 aliphatic carbocycles. The third-order valence-corrected chi connectivity index (χ3v) is 8.51. The van der Waals surface area contributed by atoms with E-state index in [2.05, 4.69) is 5.32 Å². The molecule has 41 heavy (non-hydrogen) atoms. The normalized spacial score (nSPS) is 11.9. The van der Waals surface area contributed by atoms with E-state index < -0.39 is 28.5 Å². The number of carbonyl (C=O) groups excluding carboxylic acids is 2. The van der Waals surface area contributed by atoms with Crippen molar-refractivity contribution in [1.29, 1.82) is 0 Å². The second kappa shape index (κ2) is 14.2. The number of rotatable bonds is 13. The van der Waals surface area contributed by atoms with Crippen molar-refractivity contribution in [1.82, 2.24) is 10.2 Å². The first-order valence-corrected chi connectivity index (χ1v) is 15.0. The number of benzene rings is 3. The van der Waals surface area contributed by atoms with Crippen LogP contribution in [0.4, 0.5) is 5.69 Å². The summed E-state index contributed by atoms with van der Waals surface area (Å²) in [6.45, 7) is 5.52. The molecule has 3 rings (SSSR count). The summed E-state index contributed by atoms with van der Waals surface area (Å²) in [5.41, 5.74) is 2.04. The van der Waals surface area contributed by atoms with Gasteiger partial charge in [0.1, 0.15) is 12.6 Å². The van der Waals surface area contributed by atoms with E-state index in [-0.39, 0.29) is 28.8 Å². The molecule has 0 heterocycles. The summed E-state index contributed by atoms with van der Waals surface area (Å²) in [6, 6.07) is 17.1. The molecule has 0 aliphatic heterocycles. The van der Waals surface area contributed by atoms with Gasteiger partial charge in [0.2, 0.25) is 11.8 Å². The maximum absolute atomic E-state index is 14.0. The number of amides is 2. The molecule has 9 nitrogen and oxygen atoms in total. The smallest absolute Gasteiger partial charge is 0.264 e. The summed E-state index contributed by atoms with van der Waals surface area (Å²) in [4.78, 5) is 28.2. The summed E-state index contributed by atoms with van der Waals surface area (Å²) in [5.74, 6) is -0.298. The topological polar surface area (TPSA) is 105 Å². The monoisotopic (exact) mass is 601 g/mol. The number of hydrogen-bond donors (Lipinski definition) is 1. The van der Waals surface area contributed by atoms with E-state index in [1.807, 2.05) is 38.1 Å². The number of aryl methyl sites for hydroxylation is 1. The lowest BCUT2D eigenvalue weighted by Gasteiger charge is -2.32. The molecule has 3 aromatic carbocycles. The minimum absolute atomic E-state index is 0.100. The molecule has 220 valence electrons. The Bertz CT molecular complexity index is 1460. The van der Waals surface area contributed by atoms with Gasteiger partial charge in [0.15, 0.2) is 11.5 Å². The molecule has 1 N–H and O–H groups in total. The number of methoxy groups -OCH3 is 2. The number of anilines is 1. The van der Waals surface area contributed by atoms with Crippen LogP contribution in [0.3, 0.4) is 0 Å². The highest BCUT2D eigenvalue weighted by Crippen LogP contribution is 2.32. The van der Waals surface area contributed by atoms with E-state index >= 15 is 0 Å². The van der Waals surface area contributed by atoms with Crippen molar-refractivity contribution >= 4 is 39.1 Å². The van der Waals surface area contributed by atoms with E-state index in [1.165, 1.54) is 49.5 Å². The Labute approximate surface area is 247 Å². The molecule has 11 heteroatoms. The van der Waals surface area contributed by atoms with Crippen molar-refractivity contribution in [2.24, 2.45) is 0 Å². The number of nitrogens with zero attached hydrogens (tertiary/aromatic N) is 2. The van der Waals surface area contributed by atoms with Gasteiger partial charge in [-0.3, -0.25) is 13.9 Å². The lowest BCUT2D eigenvalue weighted by Crippen LogP contribution is -2.51. The molecule has 1 unspecified atom stereocenters. The van der Waals surface area contributed by atoms with Crippen LogP contribution in [0.1, 0.15) is 31.4 Å². The van der Waals surface area contributed by atoms with Gasteiger partial charge in [-0.15, -0.1) is 0 Å². The van der Waals surface area contributed by atoms with Crippen molar-refractivity contribution < 1.29 is 27.5 Å². The van der Waals surface area contributed by atoms with Crippen LogP contribution in [-0.2, 0) is 26.2 Å². The van der Waals surface area contributed by atoms with Crippen molar-refractivity contribution in [2.75, 3.05) is 31.6 Å². The molecule has 0 fully saturated rings. The molecule has 0 bridgehead atoms. The maximum Gasteiger partial charge on any atom is 0.264 e. The second-order valence-electron chi connectivity index (χ2n) is 9.48. The fourth-order valence-electron chi connectivity index (χ4n) is 4.23. The summed E-state index contributed by atoms with van der Waals surface area (Å²) in [5, 5.41) is 3.24. The maximum atomic E-state index is 14.0. The molecule has 1 atom stereocenters. The first-order chi connectivity index (χ1) is 19.5. The predicted octanol–water partition coefficient (Wildman–Crippen LogP) is 4.80. The van der Waals surface area contributed by atoms with Crippen LogP contribution in [-0.4, -0.2) is 58.5 Å². The minimum atomic E-state index is -4.29. The van der Waals surface area contributed by atoms with E-state index in [9.17, 15) is 18.0 Å². The first kappa shape index (κ1) is 31.8. The van der Waals surface area contributed by atoms with Crippen LogP contribution in [0, 0.1) is 6.92 Å². The van der Waals surface area contributed by atoms with Crippen LogP contribution in [0.15, 0.2) is 71.6 Å². The Morgan fingerprint density at radius 2 is 1.66 bits per heavy atom. The molecular weight excluding hydrogens is 566 g/mol. The molecule has 0 aliphatic rings. The van der Waals surface area contributed by atoms with Gasteiger partial charge >= 0.3 is 0 Å². The first-order valence-electron chi connectivity index (χ1n) is 13.1. The van der Waals surface area contributed by atoms with Crippen molar-refractivity contribution in [2.45, 2.75) is 44.7 Å². The average molecular weight is 602 g/mol. The summed E-state index contributed by atoms with van der Waals surface area (Å²) < 4.78 is 39.6. The zero-order valence-electron chi connectivity index (χ0n) is 23.9. The van der Waals surface area contributed by atoms with Crippen LogP contribution in [0.2, 0.25) is 5.02 Å². The largest absolute Gasteiger partial charge is 0.493 e. The molecule has 0 saturated heterocycles. The van der Waals surface area contributed by atoms with Gasteiger partial charge in [0, 0.05) is 24.2 Å². The lowest BCUT2D eigenvalue weighted by molar-refractivity contribution is -0.139. The SMILES string of the molecule is CCCNC(=O)C(C)N(Cc1cccc(C)c1)C(=O)CN(c1ccc(Cl)cc1)S(=O)(=O)c1ccc(OC)c(OC)c1. The van der Waals surface area contributed by atoms with Gasteiger partial charge in [0.05, 0.1) is 24.8 Å². The van der Waals surface area contributed by atoms with Gasteiger partial charge in [-0.05, 0) is 62.2 Å². The molecule has 0 radical (unpaired) electrons. The predicted molar refractivity (Wildman–Crippen MR) is 160 cm³/mol. The number of nitrogens with one attached hydrogen (secondary N) is 1. The fraction of sp³-hybridized carbons (Fsp3) is 0.333. The summed E-state index contributed by atoms with van der Waals surface area (Å²) in [6.07, 6.45) is 0.734. The molecule has 0 spiro atoms. The fourth-order valence-corrected chi connectivity index (χ4v) is 5.78. The third kappa shape index (κ3) is 7.92.